The largest absolute Gasteiger partial charge is 0.391 e. The molecular formula is C11H21N3OS. The fourth-order valence-corrected chi connectivity index (χ4v) is 2.10. The number of aryl methyl sites for hydroxylation is 1. The van der Waals surface area contributed by atoms with Gasteiger partial charge in [-0.15, -0.1) is 0 Å². The summed E-state index contributed by atoms with van der Waals surface area (Å²) in [4.78, 5) is 4.34. The van der Waals surface area contributed by atoms with E-state index in [-0.39, 0.29) is 6.10 Å². The highest BCUT2D eigenvalue weighted by atomic mass is 32.1. The first-order chi connectivity index (χ1) is 7.61. The second kappa shape index (κ2) is 6.81. The minimum atomic E-state index is -0.307. The van der Waals surface area contributed by atoms with E-state index in [1.54, 1.807) is 0 Å². The van der Waals surface area contributed by atoms with Crippen LogP contribution in [0.1, 0.15) is 39.4 Å². The third kappa shape index (κ3) is 4.90. The Morgan fingerprint density at radius 1 is 1.44 bits per heavy atom. The summed E-state index contributed by atoms with van der Waals surface area (Å²) in [6.07, 6.45) is 2.49. The van der Waals surface area contributed by atoms with Gasteiger partial charge in [-0.05, 0) is 18.8 Å². The topological polar surface area (TPSA) is 58.0 Å². The summed E-state index contributed by atoms with van der Waals surface area (Å²) < 4.78 is 4.23. The first-order valence-corrected chi connectivity index (χ1v) is 6.63. The normalized spacial score (nSPS) is 13.1. The molecule has 0 amide bonds. The fourth-order valence-electron chi connectivity index (χ4n) is 1.48. The van der Waals surface area contributed by atoms with Crippen molar-refractivity contribution in [3.8, 4) is 0 Å². The Labute approximate surface area is 101 Å². The lowest BCUT2D eigenvalue weighted by Crippen LogP contribution is -2.21. The smallest absolute Gasteiger partial charge is 0.202 e. The molecule has 1 heterocycles. The fraction of sp³-hybridized carbons (Fsp3) is 0.818. The van der Waals surface area contributed by atoms with E-state index in [0.29, 0.717) is 12.5 Å². The maximum Gasteiger partial charge on any atom is 0.202 e. The van der Waals surface area contributed by atoms with E-state index >= 15 is 0 Å². The maximum absolute atomic E-state index is 9.69. The lowest BCUT2D eigenvalue weighted by molar-refractivity contribution is 0.161. The maximum atomic E-state index is 9.69. The van der Waals surface area contributed by atoms with E-state index in [1.807, 2.05) is 0 Å². The Morgan fingerprint density at radius 3 is 2.81 bits per heavy atom. The summed E-state index contributed by atoms with van der Waals surface area (Å²) in [6.45, 7) is 6.88. The molecule has 1 atom stereocenters. The standard InChI is InChI=1S/C11H21N3OS/c1-4-5-10-13-11(16-14-10)12-7-9(15)6-8(2)3/h8-9,15H,4-7H2,1-3H3,(H,12,13,14). The molecule has 0 aliphatic carbocycles. The van der Waals surface area contributed by atoms with Crippen molar-refractivity contribution < 1.29 is 5.11 Å². The monoisotopic (exact) mass is 243 g/mol. The molecule has 0 spiro atoms. The van der Waals surface area contributed by atoms with Gasteiger partial charge in [0.1, 0.15) is 5.82 Å². The first kappa shape index (κ1) is 13.4. The van der Waals surface area contributed by atoms with Gasteiger partial charge in [0.2, 0.25) is 5.13 Å². The number of hydrogen-bond acceptors (Lipinski definition) is 5. The van der Waals surface area contributed by atoms with Crippen LogP contribution in [-0.2, 0) is 6.42 Å². The molecule has 16 heavy (non-hydrogen) atoms. The molecule has 0 aliphatic heterocycles. The number of anilines is 1. The summed E-state index contributed by atoms with van der Waals surface area (Å²) >= 11 is 1.37. The molecule has 0 saturated heterocycles. The van der Waals surface area contributed by atoms with Crippen molar-refractivity contribution in [1.82, 2.24) is 9.36 Å². The Kier molecular flexibility index (Phi) is 5.69. The van der Waals surface area contributed by atoms with Crippen molar-refractivity contribution in [3.05, 3.63) is 5.82 Å². The summed E-state index contributed by atoms with van der Waals surface area (Å²) in [6, 6.07) is 0. The molecule has 0 saturated carbocycles. The second-order valence-corrected chi connectivity index (χ2v) is 5.18. The predicted octanol–water partition coefficient (Wildman–Crippen LogP) is 2.31. The van der Waals surface area contributed by atoms with Crippen LogP contribution in [0, 0.1) is 5.92 Å². The van der Waals surface area contributed by atoms with Crippen LogP contribution in [0.15, 0.2) is 0 Å². The van der Waals surface area contributed by atoms with E-state index in [2.05, 4.69) is 35.4 Å². The molecule has 4 nitrogen and oxygen atoms in total. The molecule has 1 rings (SSSR count). The van der Waals surface area contributed by atoms with Crippen LogP contribution in [0.5, 0.6) is 0 Å². The minimum Gasteiger partial charge on any atom is -0.391 e. The van der Waals surface area contributed by atoms with Crippen molar-refractivity contribution in [2.24, 2.45) is 5.92 Å². The van der Waals surface area contributed by atoms with Crippen molar-refractivity contribution in [2.75, 3.05) is 11.9 Å². The van der Waals surface area contributed by atoms with Gasteiger partial charge in [0.15, 0.2) is 0 Å². The predicted molar refractivity (Wildman–Crippen MR) is 67.9 cm³/mol. The molecule has 0 aromatic carbocycles. The molecule has 92 valence electrons. The number of nitrogens with one attached hydrogen (secondary N) is 1. The second-order valence-electron chi connectivity index (χ2n) is 4.43. The van der Waals surface area contributed by atoms with Crippen LogP contribution in [0.4, 0.5) is 5.13 Å². The highest BCUT2D eigenvalue weighted by molar-refractivity contribution is 7.09. The van der Waals surface area contributed by atoms with Crippen LogP contribution in [0.3, 0.4) is 0 Å². The van der Waals surface area contributed by atoms with E-state index in [9.17, 15) is 5.11 Å². The molecule has 0 fully saturated rings. The lowest BCUT2D eigenvalue weighted by atomic mass is 10.1. The summed E-state index contributed by atoms with van der Waals surface area (Å²) in [7, 11) is 0. The average molecular weight is 243 g/mol. The van der Waals surface area contributed by atoms with Crippen LogP contribution >= 0.6 is 11.5 Å². The lowest BCUT2D eigenvalue weighted by Gasteiger charge is -2.12. The zero-order valence-electron chi connectivity index (χ0n) is 10.2. The number of hydrogen-bond donors (Lipinski definition) is 2. The van der Waals surface area contributed by atoms with Crippen molar-refractivity contribution in [1.29, 1.82) is 0 Å². The molecule has 0 bridgehead atoms. The highest BCUT2D eigenvalue weighted by Gasteiger charge is 2.08. The van der Waals surface area contributed by atoms with Crippen LogP contribution in [-0.4, -0.2) is 27.1 Å². The molecule has 5 heteroatoms. The van der Waals surface area contributed by atoms with E-state index in [4.69, 9.17) is 0 Å². The third-order valence-electron chi connectivity index (χ3n) is 2.17. The molecule has 1 aromatic heterocycles. The van der Waals surface area contributed by atoms with Gasteiger partial charge in [0.05, 0.1) is 6.10 Å². The van der Waals surface area contributed by atoms with Crippen molar-refractivity contribution in [2.45, 2.75) is 46.1 Å². The molecule has 0 aliphatic rings. The number of aliphatic hydroxyl groups excluding tert-OH is 1. The summed E-state index contributed by atoms with van der Waals surface area (Å²) in [5, 5.41) is 13.6. The number of nitrogens with zero attached hydrogens (tertiary/aromatic N) is 2. The van der Waals surface area contributed by atoms with Gasteiger partial charge < -0.3 is 10.4 Å². The van der Waals surface area contributed by atoms with Gasteiger partial charge in [-0.3, -0.25) is 0 Å². The van der Waals surface area contributed by atoms with Gasteiger partial charge in [0.25, 0.3) is 0 Å². The average Bonchev–Trinajstić information content (AvgIpc) is 2.62. The first-order valence-electron chi connectivity index (χ1n) is 5.86. The highest BCUT2D eigenvalue weighted by Crippen LogP contribution is 2.13. The minimum absolute atomic E-state index is 0.307. The molecule has 1 aromatic rings. The van der Waals surface area contributed by atoms with Gasteiger partial charge in [-0.2, -0.15) is 4.37 Å². The van der Waals surface area contributed by atoms with Gasteiger partial charge in [-0.25, -0.2) is 4.98 Å². The molecule has 1 unspecified atom stereocenters. The number of aliphatic hydroxyl groups is 1. The zero-order chi connectivity index (χ0) is 12.0. The number of rotatable bonds is 7. The van der Waals surface area contributed by atoms with E-state index in [1.165, 1.54) is 11.5 Å². The Balaban J connectivity index is 2.30. The Morgan fingerprint density at radius 2 is 2.19 bits per heavy atom. The molecule has 0 radical (unpaired) electrons. The number of aromatic nitrogens is 2. The SMILES string of the molecule is CCCc1nsc(NCC(O)CC(C)C)n1. The van der Waals surface area contributed by atoms with E-state index in [0.717, 1.165) is 30.2 Å². The van der Waals surface area contributed by atoms with E-state index < -0.39 is 0 Å². The Hall–Kier alpha value is -0.680. The molecular weight excluding hydrogens is 222 g/mol. The van der Waals surface area contributed by atoms with Gasteiger partial charge in [0, 0.05) is 24.5 Å². The van der Waals surface area contributed by atoms with Crippen LogP contribution < -0.4 is 5.32 Å². The molecule has 2 N–H and O–H groups in total. The quantitative estimate of drug-likeness (QED) is 0.771. The Bertz CT molecular complexity index is 301. The van der Waals surface area contributed by atoms with Crippen molar-refractivity contribution in [3.63, 3.8) is 0 Å². The van der Waals surface area contributed by atoms with Gasteiger partial charge >= 0.3 is 0 Å². The summed E-state index contributed by atoms with van der Waals surface area (Å²) in [5.74, 6) is 1.41. The third-order valence-corrected chi connectivity index (χ3v) is 2.88. The summed E-state index contributed by atoms with van der Waals surface area (Å²) in [5.41, 5.74) is 0. The zero-order valence-corrected chi connectivity index (χ0v) is 11.0. The van der Waals surface area contributed by atoms with Crippen LogP contribution in [0.2, 0.25) is 0 Å². The van der Waals surface area contributed by atoms with Crippen LogP contribution in [0.25, 0.3) is 0 Å². The van der Waals surface area contributed by atoms with Crippen molar-refractivity contribution >= 4 is 16.7 Å². The van der Waals surface area contributed by atoms with Gasteiger partial charge in [-0.1, -0.05) is 20.8 Å².